The fourth-order valence-corrected chi connectivity index (χ4v) is 0.924. The summed E-state index contributed by atoms with van der Waals surface area (Å²) in [5.74, 6) is 0.349. The zero-order chi connectivity index (χ0) is 8.27. The quantitative estimate of drug-likeness (QED) is 0.549. The van der Waals surface area contributed by atoms with Gasteiger partial charge in [0.05, 0.1) is 0 Å². The van der Waals surface area contributed by atoms with E-state index in [9.17, 15) is 0 Å². The highest BCUT2D eigenvalue weighted by atomic mass is 79.9. The Labute approximate surface area is 72.1 Å². The molecule has 0 bridgehead atoms. The first-order valence-corrected chi connectivity index (χ1v) is 3.62. The molecule has 0 aliphatic carbocycles. The molecule has 0 aliphatic heterocycles. The van der Waals surface area contributed by atoms with Gasteiger partial charge in [-0.15, -0.1) is 0 Å². The molecule has 58 valence electrons. The molecule has 0 radical (unpaired) electrons. The topological polar surface area (TPSA) is 62.6 Å². The molecule has 1 rings (SSSR count). The van der Waals surface area contributed by atoms with E-state index < -0.39 is 7.32 Å². The summed E-state index contributed by atoms with van der Waals surface area (Å²) >= 11 is 3.10. The minimum atomic E-state index is -1.79. The lowest BCUT2D eigenvalue weighted by Crippen LogP contribution is -2.20. The van der Waals surface area contributed by atoms with Gasteiger partial charge in [-0.05, 0) is 22.0 Å². The van der Waals surface area contributed by atoms with Gasteiger partial charge in [0.2, 0.25) is 0 Å². The Kier molecular flexibility index (Phi) is 2.87. The molecular weight excluding hydrogens is 213 g/mol. The molecule has 0 saturated carbocycles. The zero-order valence-electron chi connectivity index (χ0n) is 5.44. The molecule has 0 aromatic carbocycles. The summed E-state index contributed by atoms with van der Waals surface area (Å²) in [5, 5.41) is 16.8. The van der Waals surface area contributed by atoms with E-state index in [0.29, 0.717) is 10.4 Å². The number of rotatable bonds is 2. The van der Waals surface area contributed by atoms with Gasteiger partial charge in [-0.1, -0.05) is 0 Å². The molecule has 0 spiro atoms. The molecule has 11 heavy (non-hydrogen) atoms. The lowest BCUT2D eigenvalue weighted by atomic mass is 10.2. The van der Waals surface area contributed by atoms with Gasteiger partial charge in [-0.3, -0.25) is 0 Å². The third kappa shape index (κ3) is 2.88. The van der Waals surface area contributed by atoms with Crippen LogP contribution in [0.1, 0.15) is 0 Å². The maximum Gasteiger partial charge on any atom is 0.707 e. The molecule has 1 heterocycles. The Hall–Kier alpha value is -0.585. The number of hydrogen-bond donors (Lipinski definition) is 2. The summed E-state index contributed by atoms with van der Waals surface area (Å²) in [6.07, 6.45) is 1.49. The number of halogens is 1. The largest absolute Gasteiger partial charge is 0.707 e. The molecule has 0 fully saturated rings. The molecule has 1 aromatic heterocycles. The smallest absolute Gasteiger partial charge is 0.512 e. The van der Waals surface area contributed by atoms with Crippen molar-refractivity contribution >= 4 is 23.3 Å². The van der Waals surface area contributed by atoms with Crippen LogP contribution in [-0.4, -0.2) is 22.4 Å². The molecule has 0 unspecified atom stereocenters. The highest BCUT2D eigenvalue weighted by Crippen LogP contribution is 2.14. The maximum absolute atomic E-state index is 8.39. The minimum absolute atomic E-state index is 0.349. The van der Waals surface area contributed by atoms with Gasteiger partial charge < -0.3 is 14.7 Å². The van der Waals surface area contributed by atoms with E-state index in [1.165, 1.54) is 18.3 Å². The maximum atomic E-state index is 8.39. The van der Waals surface area contributed by atoms with Crippen LogP contribution >= 0.6 is 15.9 Å². The van der Waals surface area contributed by atoms with E-state index in [-0.39, 0.29) is 0 Å². The molecule has 4 nitrogen and oxygen atoms in total. The van der Waals surface area contributed by atoms with Crippen molar-refractivity contribution in [3.05, 3.63) is 22.9 Å². The summed E-state index contributed by atoms with van der Waals surface area (Å²) in [7, 11) is -1.79. The van der Waals surface area contributed by atoms with Gasteiger partial charge >= 0.3 is 7.32 Å². The second-order valence-electron chi connectivity index (χ2n) is 1.76. The second-order valence-corrected chi connectivity index (χ2v) is 2.57. The number of nitrogens with zero attached hydrogens (tertiary/aromatic N) is 1. The fraction of sp³-hybridized carbons (Fsp3) is 0. The summed E-state index contributed by atoms with van der Waals surface area (Å²) < 4.78 is 5.12. The SMILES string of the molecule is OB(O)Oc1ccnc(Br)c1. The lowest BCUT2D eigenvalue weighted by molar-refractivity contribution is 0.288. The number of aromatic nitrogens is 1. The first-order chi connectivity index (χ1) is 5.18. The average molecular weight is 218 g/mol. The highest BCUT2D eigenvalue weighted by molar-refractivity contribution is 9.10. The van der Waals surface area contributed by atoms with Crippen LogP contribution in [0.4, 0.5) is 0 Å². The van der Waals surface area contributed by atoms with Crippen molar-refractivity contribution in [2.45, 2.75) is 0 Å². The fourth-order valence-electron chi connectivity index (χ4n) is 0.580. The van der Waals surface area contributed by atoms with E-state index in [2.05, 4.69) is 25.6 Å². The number of pyridine rings is 1. The van der Waals surface area contributed by atoms with E-state index in [0.717, 1.165) is 0 Å². The first-order valence-electron chi connectivity index (χ1n) is 2.83. The third-order valence-corrected chi connectivity index (χ3v) is 1.37. The van der Waals surface area contributed by atoms with Gasteiger partial charge in [0.25, 0.3) is 0 Å². The van der Waals surface area contributed by atoms with Crippen molar-refractivity contribution in [2.75, 3.05) is 0 Å². The molecule has 0 amide bonds. The normalized spacial score (nSPS) is 9.36. The van der Waals surface area contributed by atoms with Crippen LogP contribution in [0.25, 0.3) is 0 Å². The molecule has 0 aliphatic rings. The van der Waals surface area contributed by atoms with Crippen LogP contribution in [0, 0.1) is 0 Å². The molecule has 1 aromatic rings. The predicted molar refractivity (Wildman–Crippen MR) is 42.8 cm³/mol. The van der Waals surface area contributed by atoms with Crippen molar-refractivity contribution < 1.29 is 14.7 Å². The summed E-state index contributed by atoms with van der Waals surface area (Å²) in [5.41, 5.74) is 0. The summed E-state index contributed by atoms with van der Waals surface area (Å²) in [4.78, 5) is 3.82. The van der Waals surface area contributed by atoms with Gasteiger partial charge in [0.15, 0.2) is 0 Å². The molecular formula is C5H5BBrNO3. The van der Waals surface area contributed by atoms with Crippen LogP contribution in [0.5, 0.6) is 5.75 Å². The molecule has 0 saturated heterocycles. The van der Waals surface area contributed by atoms with Gasteiger partial charge in [-0.25, -0.2) is 4.98 Å². The summed E-state index contributed by atoms with van der Waals surface area (Å²) in [6, 6.07) is 3.05. The van der Waals surface area contributed by atoms with Crippen LogP contribution in [-0.2, 0) is 0 Å². The van der Waals surface area contributed by atoms with Crippen molar-refractivity contribution in [2.24, 2.45) is 0 Å². The lowest BCUT2D eigenvalue weighted by Gasteiger charge is -2.02. The zero-order valence-corrected chi connectivity index (χ0v) is 7.02. The third-order valence-electron chi connectivity index (χ3n) is 0.940. The van der Waals surface area contributed by atoms with Gasteiger partial charge in [0.1, 0.15) is 10.4 Å². The van der Waals surface area contributed by atoms with Crippen molar-refractivity contribution in [3.63, 3.8) is 0 Å². The number of hydrogen-bond acceptors (Lipinski definition) is 4. The Morgan fingerprint density at radius 3 is 2.82 bits per heavy atom. The van der Waals surface area contributed by atoms with Crippen molar-refractivity contribution in [3.8, 4) is 5.75 Å². The molecule has 2 N–H and O–H groups in total. The highest BCUT2D eigenvalue weighted by Gasteiger charge is 2.10. The van der Waals surface area contributed by atoms with E-state index in [4.69, 9.17) is 10.0 Å². The second kappa shape index (κ2) is 3.70. The van der Waals surface area contributed by atoms with Crippen LogP contribution in [0.15, 0.2) is 22.9 Å². The Balaban J connectivity index is 2.71. The van der Waals surface area contributed by atoms with Crippen LogP contribution in [0.2, 0.25) is 0 Å². The van der Waals surface area contributed by atoms with Gasteiger partial charge in [0, 0.05) is 12.3 Å². The average Bonchev–Trinajstić information content (AvgIpc) is 1.85. The predicted octanol–water partition coefficient (Wildman–Crippen LogP) is 0.192. The van der Waals surface area contributed by atoms with Crippen LogP contribution < -0.4 is 4.65 Å². The standard InChI is InChI=1S/C5H5BBrNO3/c7-5-3-4(1-2-8-5)11-6(9)10/h1-3,9-10H. The Morgan fingerprint density at radius 1 is 1.55 bits per heavy atom. The Bertz CT molecular complexity index is 245. The molecule has 6 heteroatoms. The summed E-state index contributed by atoms with van der Waals surface area (Å²) in [6.45, 7) is 0. The van der Waals surface area contributed by atoms with Crippen molar-refractivity contribution in [1.82, 2.24) is 4.98 Å². The first kappa shape index (κ1) is 8.51. The minimum Gasteiger partial charge on any atom is -0.512 e. The monoisotopic (exact) mass is 217 g/mol. The van der Waals surface area contributed by atoms with Gasteiger partial charge in [-0.2, -0.15) is 0 Å². The van der Waals surface area contributed by atoms with Crippen molar-refractivity contribution in [1.29, 1.82) is 0 Å². The Morgan fingerprint density at radius 2 is 2.27 bits per heavy atom. The van der Waals surface area contributed by atoms with Crippen LogP contribution in [0.3, 0.4) is 0 Å². The van der Waals surface area contributed by atoms with E-state index in [1.54, 1.807) is 0 Å². The van der Waals surface area contributed by atoms with E-state index in [1.807, 2.05) is 0 Å². The molecule has 0 atom stereocenters. The van der Waals surface area contributed by atoms with E-state index >= 15 is 0 Å².